The molecule has 2 atom stereocenters. The lowest BCUT2D eigenvalue weighted by molar-refractivity contribution is -0.870. The maximum absolute atomic E-state index is 12.8. The first-order chi connectivity index (χ1) is 31.1. The molecule has 9 heteroatoms. The second-order valence-electron chi connectivity index (χ2n) is 17.7. The van der Waals surface area contributed by atoms with Gasteiger partial charge in [0.25, 0.3) is 6.29 Å². The van der Waals surface area contributed by atoms with E-state index < -0.39 is 24.3 Å². The van der Waals surface area contributed by atoms with Crippen LogP contribution in [0.2, 0.25) is 0 Å². The maximum atomic E-state index is 12.8. The van der Waals surface area contributed by atoms with Crippen LogP contribution in [0.3, 0.4) is 0 Å². The number of quaternary nitrogens is 1. The number of unbranched alkanes of at least 4 members (excludes halogenated alkanes) is 16. The van der Waals surface area contributed by atoms with E-state index in [1.807, 2.05) is 21.1 Å². The van der Waals surface area contributed by atoms with E-state index in [9.17, 15) is 19.5 Å². The molecule has 0 rings (SSSR count). The second kappa shape index (κ2) is 46.0. The fourth-order valence-corrected chi connectivity index (χ4v) is 6.49. The molecule has 9 nitrogen and oxygen atoms in total. The van der Waals surface area contributed by atoms with E-state index in [2.05, 4.69) is 98.9 Å². The van der Waals surface area contributed by atoms with Crippen molar-refractivity contribution < 1.29 is 42.9 Å². The first-order valence-corrected chi connectivity index (χ1v) is 25.3. The molecule has 0 radical (unpaired) electrons. The number of carboxylic acid groups (broad SMARTS) is 1. The molecule has 64 heavy (non-hydrogen) atoms. The number of likely N-dealkylation sites (N-methyl/N-ethyl adjacent to an activating group) is 1. The Bertz CT molecular complexity index is 1320. The molecule has 0 aliphatic heterocycles. The summed E-state index contributed by atoms with van der Waals surface area (Å²) in [4.78, 5) is 37.1. The first-order valence-electron chi connectivity index (χ1n) is 25.3. The lowest BCUT2D eigenvalue weighted by Gasteiger charge is -2.25. The number of rotatable bonds is 45. The molecule has 0 spiro atoms. The molecule has 366 valence electrons. The van der Waals surface area contributed by atoms with Crippen molar-refractivity contribution in [3.63, 3.8) is 0 Å². The van der Waals surface area contributed by atoms with E-state index in [0.717, 1.165) is 109 Å². The van der Waals surface area contributed by atoms with Gasteiger partial charge in [0.05, 0.1) is 34.4 Å². The minimum absolute atomic E-state index is 0.182. The smallest absolute Gasteiger partial charge is 0.361 e. The van der Waals surface area contributed by atoms with Gasteiger partial charge in [-0.1, -0.05) is 176 Å². The number of hydrogen-bond acceptors (Lipinski definition) is 7. The fraction of sp³-hybridized carbons (Fsp3) is 0.691. The predicted octanol–water partition coefficient (Wildman–Crippen LogP) is 14.1. The predicted molar refractivity (Wildman–Crippen MR) is 267 cm³/mol. The molecule has 0 saturated heterocycles. The van der Waals surface area contributed by atoms with E-state index >= 15 is 0 Å². The molecule has 0 aliphatic rings. The van der Waals surface area contributed by atoms with Crippen LogP contribution in [0.4, 0.5) is 0 Å². The molecule has 0 saturated carbocycles. The Morgan fingerprint density at radius 2 is 0.891 bits per heavy atom. The molecule has 0 fully saturated rings. The van der Waals surface area contributed by atoms with E-state index in [4.69, 9.17) is 18.9 Å². The maximum Gasteiger partial charge on any atom is 0.361 e. The molecule has 0 heterocycles. The highest BCUT2D eigenvalue weighted by Crippen LogP contribution is 2.14. The normalized spacial score (nSPS) is 13.6. The number of aliphatic carboxylic acids is 1. The van der Waals surface area contributed by atoms with Gasteiger partial charge in [-0.25, -0.2) is 4.79 Å². The Balaban J connectivity index is 4.23. The highest BCUT2D eigenvalue weighted by molar-refractivity contribution is 5.71. The van der Waals surface area contributed by atoms with Crippen LogP contribution in [0, 0.1) is 0 Å². The SMILES string of the molecule is CC/C=C\C/C=C\C/C=C\C/C=C\C/C=C\C/C=C\CCCCCCCCCCCCC(=O)OC(COC(=O)CCCCCCC/C=C\CCC)COC(OCC[N+](C)(C)C)C(=O)O. The minimum atomic E-state index is -1.51. The third kappa shape index (κ3) is 46.5. The summed E-state index contributed by atoms with van der Waals surface area (Å²) >= 11 is 0. The van der Waals surface area contributed by atoms with Gasteiger partial charge in [-0.3, -0.25) is 9.59 Å². The van der Waals surface area contributed by atoms with E-state index in [1.165, 1.54) is 44.9 Å². The molecule has 0 aromatic carbocycles. The summed E-state index contributed by atoms with van der Waals surface area (Å²) in [5, 5.41) is 9.64. The van der Waals surface area contributed by atoms with Crippen molar-refractivity contribution in [3.8, 4) is 0 Å². The van der Waals surface area contributed by atoms with Crippen LogP contribution in [-0.2, 0) is 33.3 Å². The Labute approximate surface area is 391 Å². The summed E-state index contributed by atoms with van der Waals surface area (Å²) in [6, 6.07) is 0. The highest BCUT2D eigenvalue weighted by atomic mass is 16.7. The van der Waals surface area contributed by atoms with Crippen molar-refractivity contribution in [2.45, 2.75) is 200 Å². The first kappa shape index (κ1) is 60.5. The third-order valence-corrected chi connectivity index (χ3v) is 10.4. The Kier molecular flexibility index (Phi) is 43.5. The molecule has 0 aromatic heterocycles. The van der Waals surface area contributed by atoms with Gasteiger partial charge in [0.1, 0.15) is 13.2 Å². The highest BCUT2D eigenvalue weighted by Gasteiger charge is 2.25. The zero-order chi connectivity index (χ0) is 47.0. The Hall–Kier alpha value is -3.53. The van der Waals surface area contributed by atoms with Crippen molar-refractivity contribution >= 4 is 17.9 Å². The van der Waals surface area contributed by atoms with Gasteiger partial charge in [0.15, 0.2) is 6.10 Å². The van der Waals surface area contributed by atoms with Gasteiger partial charge >= 0.3 is 17.9 Å². The van der Waals surface area contributed by atoms with Crippen molar-refractivity contribution in [1.29, 1.82) is 0 Å². The van der Waals surface area contributed by atoms with E-state index in [-0.39, 0.29) is 38.6 Å². The van der Waals surface area contributed by atoms with Crippen LogP contribution in [0.1, 0.15) is 187 Å². The average Bonchev–Trinajstić information content (AvgIpc) is 3.26. The molecule has 0 aromatic rings. The van der Waals surface area contributed by atoms with Crippen LogP contribution >= 0.6 is 0 Å². The number of carbonyl (C=O) groups excluding carboxylic acids is 2. The molecule has 0 aliphatic carbocycles. The van der Waals surface area contributed by atoms with Crippen LogP contribution in [0.15, 0.2) is 85.1 Å². The largest absolute Gasteiger partial charge is 0.477 e. The molecule has 0 amide bonds. The molecular formula is C55H94NO8+. The van der Waals surface area contributed by atoms with E-state index in [0.29, 0.717) is 17.4 Å². The summed E-state index contributed by atoms with van der Waals surface area (Å²) in [6.07, 6.45) is 56.6. The number of nitrogens with zero attached hydrogens (tertiary/aromatic N) is 1. The molecular weight excluding hydrogens is 803 g/mol. The summed E-state index contributed by atoms with van der Waals surface area (Å²) in [6.45, 7) is 4.66. The average molecular weight is 897 g/mol. The van der Waals surface area contributed by atoms with Crippen LogP contribution < -0.4 is 0 Å². The Morgan fingerprint density at radius 3 is 1.34 bits per heavy atom. The van der Waals surface area contributed by atoms with E-state index in [1.54, 1.807) is 0 Å². The van der Waals surface area contributed by atoms with Crippen LogP contribution in [0.25, 0.3) is 0 Å². The van der Waals surface area contributed by atoms with Crippen molar-refractivity contribution in [2.75, 3.05) is 47.5 Å². The number of carboxylic acids is 1. The van der Waals surface area contributed by atoms with Gasteiger partial charge in [0, 0.05) is 12.8 Å². The summed E-state index contributed by atoms with van der Waals surface area (Å²) < 4.78 is 22.7. The molecule has 0 bridgehead atoms. The van der Waals surface area contributed by atoms with Crippen LogP contribution in [0.5, 0.6) is 0 Å². The van der Waals surface area contributed by atoms with Gasteiger partial charge in [-0.2, -0.15) is 0 Å². The number of carbonyl (C=O) groups is 3. The van der Waals surface area contributed by atoms with Gasteiger partial charge < -0.3 is 28.5 Å². The minimum Gasteiger partial charge on any atom is -0.477 e. The lowest BCUT2D eigenvalue weighted by atomic mass is 10.0. The lowest BCUT2D eigenvalue weighted by Crippen LogP contribution is -2.40. The van der Waals surface area contributed by atoms with Gasteiger partial charge in [-0.05, 0) is 83.5 Å². The monoisotopic (exact) mass is 897 g/mol. The second-order valence-corrected chi connectivity index (χ2v) is 17.7. The van der Waals surface area contributed by atoms with Crippen molar-refractivity contribution in [3.05, 3.63) is 85.1 Å². The van der Waals surface area contributed by atoms with Gasteiger partial charge in [0.2, 0.25) is 0 Å². The zero-order valence-corrected chi connectivity index (χ0v) is 41.4. The van der Waals surface area contributed by atoms with Crippen molar-refractivity contribution in [1.82, 2.24) is 0 Å². The van der Waals surface area contributed by atoms with Gasteiger partial charge in [-0.15, -0.1) is 0 Å². The number of esters is 2. The number of hydrogen-bond donors (Lipinski definition) is 1. The Morgan fingerprint density at radius 1 is 0.484 bits per heavy atom. The van der Waals surface area contributed by atoms with Crippen molar-refractivity contribution in [2.24, 2.45) is 0 Å². The molecule has 2 unspecified atom stereocenters. The topological polar surface area (TPSA) is 108 Å². The summed E-state index contributed by atoms with van der Waals surface area (Å²) in [5.41, 5.74) is 0. The number of ether oxygens (including phenoxy) is 4. The van der Waals surface area contributed by atoms with Crippen LogP contribution in [-0.4, -0.2) is 87.4 Å². The quantitative estimate of drug-likeness (QED) is 0.0212. The molecule has 1 N–H and O–H groups in total. The standard InChI is InChI=1S/C55H93NO8/c1-6-8-10-12-14-16-18-19-20-21-22-23-24-25-26-27-28-29-30-31-32-33-34-35-36-38-40-42-44-46-53(58)64-51(50-63-55(54(59)60)61-48-47-56(3,4)5)49-62-52(57)45-43-41-39-37-17-15-13-11-9-7-2/h8,10-11,13-14,16,19-20,22-23,25-26,28-29,51,55H,6-7,9,12,15,17-18,21,24,27,30-50H2,1-5H3/p+1/b10-8-,13-11-,16-14-,20-19-,23-22-,26-25-,29-28-. The fourth-order valence-electron chi connectivity index (χ4n) is 6.49. The third-order valence-electron chi connectivity index (χ3n) is 10.4. The summed E-state index contributed by atoms with van der Waals surface area (Å²) in [7, 11) is 5.95. The number of allylic oxidation sites excluding steroid dienone is 14. The zero-order valence-electron chi connectivity index (χ0n) is 41.4. The summed E-state index contributed by atoms with van der Waals surface area (Å²) in [5.74, 6) is -2.04.